The summed E-state index contributed by atoms with van der Waals surface area (Å²) >= 11 is 0. The fourth-order valence-electron chi connectivity index (χ4n) is 2.26. The highest BCUT2D eigenvalue weighted by atomic mass is 32.2. The molecule has 0 aromatic heterocycles. The molecule has 0 amide bonds. The van der Waals surface area contributed by atoms with Crippen LogP contribution in [0.2, 0.25) is 0 Å². The summed E-state index contributed by atoms with van der Waals surface area (Å²) in [6.07, 6.45) is 0. The Bertz CT molecular complexity index is 803. The van der Waals surface area contributed by atoms with Crippen LogP contribution in [0, 0.1) is 17.0 Å². The van der Waals surface area contributed by atoms with Gasteiger partial charge in [-0.2, -0.15) is 0 Å². The molecule has 6 nitrogen and oxygen atoms in total. The van der Waals surface area contributed by atoms with Gasteiger partial charge in [-0.3, -0.25) is 14.4 Å². The highest BCUT2D eigenvalue weighted by Gasteiger charge is 2.31. The molecule has 0 aliphatic carbocycles. The minimum atomic E-state index is -4.01. The van der Waals surface area contributed by atoms with Crippen LogP contribution in [0.4, 0.5) is 11.4 Å². The van der Waals surface area contributed by atoms with Gasteiger partial charge in [-0.1, -0.05) is 30.3 Å². The Morgan fingerprint density at radius 1 is 1.09 bits per heavy atom. The van der Waals surface area contributed by atoms with Gasteiger partial charge in [0, 0.05) is 12.6 Å². The molecule has 0 atom stereocenters. The predicted octanol–water partition coefficient (Wildman–Crippen LogP) is 3.12. The summed E-state index contributed by atoms with van der Waals surface area (Å²) in [5, 5.41) is 11.1. The number of benzene rings is 2. The summed E-state index contributed by atoms with van der Waals surface area (Å²) in [6.45, 7) is 3.67. The quantitative estimate of drug-likeness (QED) is 0.626. The highest BCUT2D eigenvalue weighted by molar-refractivity contribution is 7.93. The molecule has 7 heteroatoms. The molecule has 0 N–H and O–H groups in total. The summed E-state index contributed by atoms with van der Waals surface area (Å²) in [4.78, 5) is 10.1. The Morgan fingerprint density at radius 2 is 1.68 bits per heavy atom. The SMILES string of the molecule is CCN(c1ccccc1C)S(=O)(=O)c1ccccc1[N+](=O)[O-]. The van der Waals surface area contributed by atoms with E-state index in [2.05, 4.69) is 0 Å². The molecule has 2 aromatic rings. The molecule has 2 rings (SSSR count). The second-order valence-electron chi connectivity index (χ2n) is 4.68. The van der Waals surface area contributed by atoms with E-state index in [1.165, 1.54) is 28.6 Å². The van der Waals surface area contributed by atoms with Gasteiger partial charge in [0.05, 0.1) is 10.6 Å². The van der Waals surface area contributed by atoms with E-state index < -0.39 is 20.6 Å². The van der Waals surface area contributed by atoms with Crippen LogP contribution in [0.5, 0.6) is 0 Å². The van der Waals surface area contributed by atoms with Crippen molar-refractivity contribution in [3.63, 3.8) is 0 Å². The number of sulfonamides is 1. The predicted molar refractivity (Wildman–Crippen MR) is 84.5 cm³/mol. The summed E-state index contributed by atoms with van der Waals surface area (Å²) in [5.74, 6) is 0. The van der Waals surface area contributed by atoms with Crippen LogP contribution in [0.3, 0.4) is 0 Å². The number of nitro groups is 1. The average molecular weight is 320 g/mol. The van der Waals surface area contributed by atoms with E-state index in [1.54, 1.807) is 32.0 Å². The molecule has 0 radical (unpaired) electrons. The Morgan fingerprint density at radius 3 is 2.27 bits per heavy atom. The van der Waals surface area contributed by atoms with Crippen molar-refractivity contribution in [3.8, 4) is 0 Å². The fraction of sp³-hybridized carbons (Fsp3) is 0.200. The van der Waals surface area contributed by atoms with Gasteiger partial charge >= 0.3 is 0 Å². The minimum Gasteiger partial charge on any atom is -0.266 e. The van der Waals surface area contributed by atoms with E-state index in [0.717, 1.165) is 5.56 Å². The van der Waals surface area contributed by atoms with E-state index in [-0.39, 0.29) is 11.4 Å². The van der Waals surface area contributed by atoms with Crippen LogP contribution in [0.15, 0.2) is 53.4 Å². The number of hydrogen-bond donors (Lipinski definition) is 0. The molecule has 0 saturated carbocycles. The summed E-state index contributed by atoms with van der Waals surface area (Å²) in [5.41, 5.74) is 0.879. The number of anilines is 1. The first kappa shape index (κ1) is 16.0. The van der Waals surface area contributed by atoms with Crippen molar-refractivity contribution in [2.24, 2.45) is 0 Å². The molecule has 2 aromatic carbocycles. The molecule has 0 fully saturated rings. The number of aryl methyl sites for hydroxylation is 1. The van der Waals surface area contributed by atoms with Crippen LogP contribution >= 0.6 is 0 Å². The largest absolute Gasteiger partial charge is 0.289 e. The second kappa shape index (κ2) is 6.15. The molecule has 0 aliphatic heterocycles. The Kier molecular flexibility index (Phi) is 4.46. The number of nitrogens with zero attached hydrogens (tertiary/aromatic N) is 2. The van der Waals surface area contributed by atoms with Crippen molar-refractivity contribution >= 4 is 21.4 Å². The lowest BCUT2D eigenvalue weighted by Gasteiger charge is -2.24. The van der Waals surface area contributed by atoms with Gasteiger partial charge in [-0.25, -0.2) is 8.42 Å². The van der Waals surface area contributed by atoms with Gasteiger partial charge in [0.2, 0.25) is 0 Å². The third-order valence-electron chi connectivity index (χ3n) is 3.30. The van der Waals surface area contributed by atoms with Crippen molar-refractivity contribution in [2.45, 2.75) is 18.7 Å². The third-order valence-corrected chi connectivity index (χ3v) is 5.24. The standard InChI is InChI=1S/C15H16N2O4S/c1-3-16(13-9-5-4-8-12(13)2)22(20,21)15-11-7-6-10-14(15)17(18)19/h4-11H,3H2,1-2H3. The topological polar surface area (TPSA) is 80.5 Å². The van der Waals surface area contributed by atoms with Crippen LogP contribution in [-0.2, 0) is 10.0 Å². The molecule has 22 heavy (non-hydrogen) atoms. The number of hydrogen-bond acceptors (Lipinski definition) is 4. The molecule has 0 heterocycles. The minimum absolute atomic E-state index is 0.180. The molecule has 0 unspecified atom stereocenters. The van der Waals surface area contributed by atoms with Gasteiger partial charge in [-0.15, -0.1) is 0 Å². The van der Waals surface area contributed by atoms with E-state index in [9.17, 15) is 18.5 Å². The zero-order valence-electron chi connectivity index (χ0n) is 12.3. The smallest absolute Gasteiger partial charge is 0.266 e. The van der Waals surface area contributed by atoms with Crippen LogP contribution < -0.4 is 4.31 Å². The number of rotatable bonds is 5. The molecule has 0 saturated heterocycles. The lowest BCUT2D eigenvalue weighted by molar-refractivity contribution is -0.387. The lowest BCUT2D eigenvalue weighted by atomic mass is 10.2. The van der Waals surface area contributed by atoms with Gasteiger partial charge in [-0.05, 0) is 31.5 Å². The normalized spacial score (nSPS) is 11.2. The summed E-state index contributed by atoms with van der Waals surface area (Å²) < 4.78 is 26.9. The van der Waals surface area contributed by atoms with Crippen molar-refractivity contribution in [1.29, 1.82) is 0 Å². The van der Waals surface area contributed by atoms with Crippen molar-refractivity contribution < 1.29 is 13.3 Å². The molecule has 0 spiro atoms. The van der Waals surface area contributed by atoms with E-state index >= 15 is 0 Å². The average Bonchev–Trinajstić information content (AvgIpc) is 2.49. The Labute approximate surface area is 129 Å². The van der Waals surface area contributed by atoms with Crippen molar-refractivity contribution in [1.82, 2.24) is 0 Å². The van der Waals surface area contributed by atoms with Crippen molar-refractivity contribution in [3.05, 3.63) is 64.2 Å². The Hall–Kier alpha value is -2.41. The van der Waals surface area contributed by atoms with Crippen LogP contribution in [0.1, 0.15) is 12.5 Å². The second-order valence-corrected chi connectivity index (χ2v) is 6.51. The Balaban J connectivity index is 2.63. The molecular formula is C15H16N2O4S. The first-order valence-corrected chi connectivity index (χ1v) is 8.15. The van der Waals surface area contributed by atoms with Crippen molar-refractivity contribution in [2.75, 3.05) is 10.8 Å². The lowest BCUT2D eigenvalue weighted by Crippen LogP contribution is -2.31. The van der Waals surface area contributed by atoms with Crippen LogP contribution in [0.25, 0.3) is 0 Å². The van der Waals surface area contributed by atoms with Gasteiger partial charge in [0.15, 0.2) is 4.90 Å². The van der Waals surface area contributed by atoms with E-state index in [1.807, 2.05) is 6.07 Å². The zero-order valence-corrected chi connectivity index (χ0v) is 13.1. The molecular weight excluding hydrogens is 304 g/mol. The van der Waals surface area contributed by atoms with Gasteiger partial charge in [0.1, 0.15) is 0 Å². The number of para-hydroxylation sites is 2. The third kappa shape index (κ3) is 2.80. The van der Waals surface area contributed by atoms with E-state index in [0.29, 0.717) is 5.69 Å². The summed E-state index contributed by atoms with van der Waals surface area (Å²) in [7, 11) is -4.01. The van der Waals surface area contributed by atoms with Crippen LogP contribution in [-0.4, -0.2) is 19.9 Å². The molecule has 116 valence electrons. The maximum absolute atomic E-state index is 12.9. The molecule has 0 bridgehead atoms. The fourth-order valence-corrected chi connectivity index (χ4v) is 3.96. The summed E-state index contributed by atoms with van der Waals surface area (Å²) in [6, 6.07) is 12.4. The first-order chi connectivity index (χ1) is 10.4. The molecule has 0 aliphatic rings. The van der Waals surface area contributed by atoms with Gasteiger partial charge < -0.3 is 0 Å². The number of nitro benzene ring substituents is 1. The zero-order chi connectivity index (χ0) is 16.3. The van der Waals surface area contributed by atoms with Gasteiger partial charge in [0.25, 0.3) is 15.7 Å². The first-order valence-electron chi connectivity index (χ1n) is 6.71. The maximum atomic E-state index is 12.9. The monoisotopic (exact) mass is 320 g/mol. The van der Waals surface area contributed by atoms with E-state index in [4.69, 9.17) is 0 Å². The maximum Gasteiger partial charge on any atom is 0.289 e. The highest BCUT2D eigenvalue weighted by Crippen LogP contribution is 2.30.